The van der Waals surface area contributed by atoms with Gasteiger partial charge in [-0.3, -0.25) is 0 Å². The predicted octanol–water partition coefficient (Wildman–Crippen LogP) is 3.56. The molecule has 16 heavy (non-hydrogen) atoms. The molecule has 0 aromatic heterocycles. The van der Waals surface area contributed by atoms with Crippen molar-refractivity contribution >= 4 is 11.8 Å². The summed E-state index contributed by atoms with van der Waals surface area (Å²) in [7, 11) is 0. The summed E-state index contributed by atoms with van der Waals surface area (Å²) in [6, 6.07) is 5.22. The van der Waals surface area contributed by atoms with Crippen LogP contribution in [0, 0.1) is 11.7 Å². The van der Waals surface area contributed by atoms with Gasteiger partial charge in [0, 0.05) is 23.1 Å². The molecular formula is C13H20FNS. The largest absolute Gasteiger partial charge is 0.326 e. The zero-order valence-electron chi connectivity index (χ0n) is 10.2. The van der Waals surface area contributed by atoms with Crippen molar-refractivity contribution < 1.29 is 4.39 Å². The fourth-order valence-corrected chi connectivity index (χ4v) is 2.31. The standard InChI is InChI=1S/C13H20FNS/c1-9(2)10(3)16-8-11-4-5-13(14)12(6-11)7-15/h4-6,9-10H,7-8,15H2,1-3H3. The molecule has 1 atom stereocenters. The second-order valence-electron chi connectivity index (χ2n) is 4.39. The highest BCUT2D eigenvalue weighted by molar-refractivity contribution is 7.99. The molecule has 1 nitrogen and oxygen atoms in total. The number of rotatable bonds is 5. The van der Waals surface area contributed by atoms with E-state index in [1.165, 1.54) is 6.07 Å². The van der Waals surface area contributed by atoms with Crippen LogP contribution in [0.15, 0.2) is 18.2 Å². The Kier molecular flexibility index (Phi) is 5.29. The van der Waals surface area contributed by atoms with E-state index in [9.17, 15) is 4.39 Å². The second kappa shape index (κ2) is 6.26. The monoisotopic (exact) mass is 241 g/mol. The molecule has 0 saturated carbocycles. The highest BCUT2D eigenvalue weighted by Crippen LogP contribution is 2.24. The van der Waals surface area contributed by atoms with Crippen molar-refractivity contribution in [1.82, 2.24) is 0 Å². The van der Waals surface area contributed by atoms with Crippen LogP contribution >= 0.6 is 11.8 Å². The highest BCUT2D eigenvalue weighted by Gasteiger charge is 2.08. The maximum Gasteiger partial charge on any atom is 0.127 e. The van der Waals surface area contributed by atoms with Crippen molar-refractivity contribution in [1.29, 1.82) is 0 Å². The highest BCUT2D eigenvalue weighted by atomic mass is 32.2. The Balaban J connectivity index is 2.61. The molecule has 0 fully saturated rings. The molecular weight excluding hydrogens is 221 g/mol. The predicted molar refractivity (Wildman–Crippen MR) is 69.9 cm³/mol. The molecule has 2 N–H and O–H groups in total. The van der Waals surface area contributed by atoms with E-state index < -0.39 is 0 Å². The van der Waals surface area contributed by atoms with Gasteiger partial charge in [-0.05, 0) is 17.5 Å². The van der Waals surface area contributed by atoms with Crippen LogP contribution in [0.4, 0.5) is 4.39 Å². The van der Waals surface area contributed by atoms with E-state index >= 15 is 0 Å². The van der Waals surface area contributed by atoms with E-state index in [0.717, 1.165) is 11.3 Å². The van der Waals surface area contributed by atoms with E-state index in [-0.39, 0.29) is 12.4 Å². The van der Waals surface area contributed by atoms with E-state index in [1.54, 1.807) is 0 Å². The quantitative estimate of drug-likeness (QED) is 0.853. The van der Waals surface area contributed by atoms with Gasteiger partial charge in [0.15, 0.2) is 0 Å². The number of hydrogen-bond donors (Lipinski definition) is 1. The van der Waals surface area contributed by atoms with Crippen molar-refractivity contribution in [2.24, 2.45) is 11.7 Å². The summed E-state index contributed by atoms with van der Waals surface area (Å²) in [6.07, 6.45) is 0. The maximum atomic E-state index is 13.2. The smallest absolute Gasteiger partial charge is 0.127 e. The van der Waals surface area contributed by atoms with Crippen molar-refractivity contribution in [2.45, 2.75) is 38.3 Å². The third kappa shape index (κ3) is 3.80. The van der Waals surface area contributed by atoms with Gasteiger partial charge < -0.3 is 5.73 Å². The lowest BCUT2D eigenvalue weighted by Gasteiger charge is -2.15. The molecule has 0 aliphatic heterocycles. The average molecular weight is 241 g/mol. The topological polar surface area (TPSA) is 26.0 Å². The van der Waals surface area contributed by atoms with Gasteiger partial charge in [-0.2, -0.15) is 11.8 Å². The lowest BCUT2D eigenvalue weighted by atomic mass is 10.1. The number of nitrogens with two attached hydrogens (primary N) is 1. The molecule has 0 aliphatic rings. The molecule has 0 radical (unpaired) electrons. The molecule has 0 aliphatic carbocycles. The first kappa shape index (κ1) is 13.5. The van der Waals surface area contributed by atoms with E-state index in [0.29, 0.717) is 16.7 Å². The Morgan fingerprint density at radius 2 is 2.00 bits per heavy atom. The molecule has 0 bridgehead atoms. The van der Waals surface area contributed by atoms with Gasteiger partial charge in [-0.1, -0.05) is 32.9 Å². The third-order valence-electron chi connectivity index (χ3n) is 2.78. The van der Waals surface area contributed by atoms with E-state index in [1.807, 2.05) is 23.9 Å². The van der Waals surface area contributed by atoms with Crippen molar-refractivity contribution in [3.8, 4) is 0 Å². The summed E-state index contributed by atoms with van der Waals surface area (Å²) in [5, 5.41) is 0.617. The molecule has 1 unspecified atom stereocenters. The molecule has 1 aromatic carbocycles. The molecule has 0 saturated heterocycles. The number of halogens is 1. The van der Waals surface area contributed by atoms with Crippen molar-refractivity contribution in [2.75, 3.05) is 0 Å². The third-order valence-corrected chi connectivity index (χ3v) is 4.35. The molecule has 0 amide bonds. The first-order chi connectivity index (χ1) is 7.54. The zero-order chi connectivity index (χ0) is 12.1. The van der Waals surface area contributed by atoms with Crippen LogP contribution in [0.1, 0.15) is 31.9 Å². The second-order valence-corrected chi connectivity index (χ2v) is 5.76. The molecule has 0 heterocycles. The summed E-state index contributed by atoms with van der Waals surface area (Å²) in [5.74, 6) is 1.39. The fraction of sp³-hybridized carbons (Fsp3) is 0.538. The van der Waals surface area contributed by atoms with Crippen LogP contribution in [0.2, 0.25) is 0 Å². The minimum atomic E-state index is -0.201. The van der Waals surface area contributed by atoms with Gasteiger partial charge in [0.2, 0.25) is 0 Å². The summed E-state index contributed by atoms with van der Waals surface area (Å²) in [6.45, 7) is 6.92. The number of benzene rings is 1. The summed E-state index contributed by atoms with van der Waals surface area (Å²) in [4.78, 5) is 0. The van der Waals surface area contributed by atoms with Gasteiger partial charge in [-0.15, -0.1) is 0 Å². The van der Waals surface area contributed by atoms with Gasteiger partial charge in [0.25, 0.3) is 0 Å². The van der Waals surface area contributed by atoms with Crippen LogP contribution in [0.25, 0.3) is 0 Å². The van der Waals surface area contributed by atoms with Gasteiger partial charge >= 0.3 is 0 Å². The maximum absolute atomic E-state index is 13.2. The van der Waals surface area contributed by atoms with E-state index in [4.69, 9.17) is 5.73 Å². The minimum absolute atomic E-state index is 0.201. The lowest BCUT2D eigenvalue weighted by Crippen LogP contribution is -2.06. The zero-order valence-corrected chi connectivity index (χ0v) is 11.0. The van der Waals surface area contributed by atoms with Crippen LogP contribution in [0.3, 0.4) is 0 Å². The molecule has 0 spiro atoms. The number of thioether (sulfide) groups is 1. The van der Waals surface area contributed by atoms with E-state index in [2.05, 4.69) is 20.8 Å². The first-order valence-corrected chi connectivity index (χ1v) is 6.68. The summed E-state index contributed by atoms with van der Waals surface area (Å²) >= 11 is 1.90. The number of hydrogen-bond acceptors (Lipinski definition) is 2. The van der Waals surface area contributed by atoms with Crippen LogP contribution in [-0.4, -0.2) is 5.25 Å². The summed E-state index contributed by atoms with van der Waals surface area (Å²) < 4.78 is 13.2. The van der Waals surface area contributed by atoms with Crippen LogP contribution in [-0.2, 0) is 12.3 Å². The normalized spacial score (nSPS) is 13.1. The van der Waals surface area contributed by atoms with Crippen LogP contribution < -0.4 is 5.73 Å². The van der Waals surface area contributed by atoms with Crippen molar-refractivity contribution in [3.63, 3.8) is 0 Å². The van der Waals surface area contributed by atoms with Gasteiger partial charge in [0.05, 0.1) is 0 Å². The van der Waals surface area contributed by atoms with Crippen molar-refractivity contribution in [3.05, 3.63) is 35.1 Å². The van der Waals surface area contributed by atoms with Crippen LogP contribution in [0.5, 0.6) is 0 Å². The Bertz CT molecular complexity index is 339. The minimum Gasteiger partial charge on any atom is -0.326 e. The Morgan fingerprint density at radius 1 is 1.31 bits per heavy atom. The van der Waals surface area contributed by atoms with Gasteiger partial charge in [-0.25, -0.2) is 4.39 Å². The summed E-state index contributed by atoms with van der Waals surface area (Å²) in [5.41, 5.74) is 7.24. The Labute approximate surface area is 102 Å². The Morgan fingerprint density at radius 3 is 2.56 bits per heavy atom. The molecule has 90 valence electrons. The fourth-order valence-electron chi connectivity index (χ4n) is 1.29. The Hall–Kier alpha value is -0.540. The average Bonchev–Trinajstić information content (AvgIpc) is 2.27. The molecule has 1 aromatic rings. The molecule has 1 rings (SSSR count). The lowest BCUT2D eigenvalue weighted by molar-refractivity contribution is 0.610. The van der Waals surface area contributed by atoms with Gasteiger partial charge in [0.1, 0.15) is 5.82 Å². The SMILES string of the molecule is CC(C)C(C)SCc1ccc(F)c(CN)c1. The first-order valence-electron chi connectivity index (χ1n) is 5.63. The molecule has 3 heteroatoms.